The summed E-state index contributed by atoms with van der Waals surface area (Å²) in [4.78, 5) is 37.3. The normalized spacial score (nSPS) is 22.3. The fourth-order valence-electron chi connectivity index (χ4n) is 5.94. The van der Waals surface area contributed by atoms with E-state index < -0.39 is 17.6 Å². The number of benzene rings is 2. The van der Waals surface area contributed by atoms with E-state index in [2.05, 4.69) is 34.9 Å². The molecular formula is C28H32N2O5. The van der Waals surface area contributed by atoms with Crippen LogP contribution in [-0.2, 0) is 14.3 Å². The summed E-state index contributed by atoms with van der Waals surface area (Å²) in [7, 11) is 0. The standard InChI is InChI=1S/C28H32N2O5/c31-25(32)16-18-8-1-6-13-24(18)29-26(33)28(14-7-15-28)30-27(34)35-17-23-21-11-4-2-9-19(21)20-10-3-5-12-22(20)23/h2-5,9-12,18,23-24H,1,6-8,13-17H2,(H,29,33)(H,30,34)(H,31,32)/t18-,24-/m1/s1. The molecule has 2 atom stereocenters. The van der Waals surface area contributed by atoms with Crippen LogP contribution in [0.4, 0.5) is 4.79 Å². The molecule has 0 spiro atoms. The van der Waals surface area contributed by atoms with Gasteiger partial charge in [0.05, 0.1) is 6.42 Å². The van der Waals surface area contributed by atoms with E-state index >= 15 is 0 Å². The first-order valence-electron chi connectivity index (χ1n) is 12.6. The molecule has 0 radical (unpaired) electrons. The van der Waals surface area contributed by atoms with Crippen molar-refractivity contribution in [3.63, 3.8) is 0 Å². The van der Waals surface area contributed by atoms with Gasteiger partial charge in [-0.05, 0) is 60.3 Å². The number of ether oxygens (including phenoxy) is 1. The predicted octanol–water partition coefficient (Wildman–Crippen LogP) is 4.60. The Bertz CT molecular complexity index is 1080. The van der Waals surface area contributed by atoms with Crippen molar-refractivity contribution in [1.82, 2.24) is 10.6 Å². The van der Waals surface area contributed by atoms with Gasteiger partial charge < -0.3 is 20.5 Å². The zero-order valence-corrected chi connectivity index (χ0v) is 19.8. The number of fused-ring (bicyclic) bond motifs is 3. The minimum absolute atomic E-state index is 0.0432. The molecule has 0 saturated heterocycles. The molecule has 184 valence electrons. The molecular weight excluding hydrogens is 444 g/mol. The second-order valence-corrected chi connectivity index (χ2v) is 10.1. The highest BCUT2D eigenvalue weighted by molar-refractivity contribution is 5.91. The Morgan fingerprint density at radius 2 is 1.54 bits per heavy atom. The summed E-state index contributed by atoms with van der Waals surface area (Å²) in [6.07, 6.45) is 4.93. The highest BCUT2D eigenvalue weighted by Crippen LogP contribution is 2.44. The van der Waals surface area contributed by atoms with Crippen LogP contribution in [0.3, 0.4) is 0 Å². The molecule has 5 rings (SSSR count). The third kappa shape index (κ3) is 4.64. The van der Waals surface area contributed by atoms with Crippen molar-refractivity contribution >= 4 is 18.0 Å². The number of hydrogen-bond acceptors (Lipinski definition) is 4. The molecule has 2 amide bonds. The number of aliphatic carboxylic acids is 1. The van der Waals surface area contributed by atoms with Gasteiger partial charge in [-0.3, -0.25) is 9.59 Å². The Balaban J connectivity index is 1.22. The van der Waals surface area contributed by atoms with Gasteiger partial charge in [0.2, 0.25) is 5.91 Å². The highest BCUT2D eigenvalue weighted by Gasteiger charge is 2.47. The molecule has 2 saturated carbocycles. The number of carbonyl (C=O) groups is 3. The van der Waals surface area contributed by atoms with Gasteiger partial charge in [0.25, 0.3) is 0 Å². The van der Waals surface area contributed by atoms with Crippen LogP contribution in [0.1, 0.15) is 68.4 Å². The first kappa shape index (κ1) is 23.4. The quantitative estimate of drug-likeness (QED) is 0.542. The molecule has 7 nitrogen and oxygen atoms in total. The molecule has 7 heteroatoms. The Labute approximate surface area is 205 Å². The monoisotopic (exact) mass is 476 g/mol. The van der Waals surface area contributed by atoms with Gasteiger partial charge in [0.1, 0.15) is 12.1 Å². The van der Waals surface area contributed by atoms with E-state index in [-0.39, 0.29) is 36.8 Å². The Morgan fingerprint density at radius 1 is 0.914 bits per heavy atom. The van der Waals surface area contributed by atoms with Crippen molar-refractivity contribution < 1.29 is 24.2 Å². The van der Waals surface area contributed by atoms with E-state index in [0.29, 0.717) is 12.8 Å². The number of hydrogen-bond donors (Lipinski definition) is 3. The number of amides is 2. The smallest absolute Gasteiger partial charge is 0.408 e. The molecule has 2 fully saturated rings. The average Bonchev–Trinajstić information content (AvgIpc) is 3.15. The molecule has 0 aromatic heterocycles. The number of carbonyl (C=O) groups excluding carboxylic acids is 2. The topological polar surface area (TPSA) is 105 Å². The summed E-state index contributed by atoms with van der Waals surface area (Å²) in [5.41, 5.74) is 3.62. The van der Waals surface area contributed by atoms with Crippen LogP contribution in [0.15, 0.2) is 48.5 Å². The van der Waals surface area contributed by atoms with Gasteiger partial charge >= 0.3 is 12.1 Å². The number of alkyl carbamates (subject to hydrolysis) is 1. The van der Waals surface area contributed by atoms with Crippen LogP contribution in [0, 0.1) is 5.92 Å². The highest BCUT2D eigenvalue weighted by atomic mass is 16.5. The van der Waals surface area contributed by atoms with Crippen LogP contribution >= 0.6 is 0 Å². The zero-order chi connectivity index (χ0) is 24.4. The molecule has 0 unspecified atom stereocenters. The van der Waals surface area contributed by atoms with Crippen LogP contribution in [0.2, 0.25) is 0 Å². The molecule has 3 aliphatic rings. The molecule has 0 heterocycles. The van der Waals surface area contributed by atoms with E-state index in [4.69, 9.17) is 4.74 Å². The molecule has 35 heavy (non-hydrogen) atoms. The van der Waals surface area contributed by atoms with Gasteiger partial charge in [0, 0.05) is 12.0 Å². The van der Waals surface area contributed by atoms with Gasteiger partial charge in [-0.1, -0.05) is 61.4 Å². The van der Waals surface area contributed by atoms with Crippen molar-refractivity contribution in [3.05, 3.63) is 59.7 Å². The summed E-state index contributed by atoms with van der Waals surface area (Å²) in [6.45, 7) is 0.195. The SMILES string of the molecule is O=C(O)C[C@H]1CCCC[C@H]1NC(=O)C1(NC(=O)OCC2c3ccccc3-c3ccccc32)CCC1. The van der Waals surface area contributed by atoms with Gasteiger partial charge in [-0.25, -0.2) is 4.79 Å². The van der Waals surface area contributed by atoms with Crippen molar-refractivity contribution in [2.75, 3.05) is 6.61 Å². The van der Waals surface area contributed by atoms with Crippen LogP contribution in [-0.4, -0.2) is 41.3 Å². The fraction of sp³-hybridized carbons (Fsp3) is 0.464. The molecule has 2 aromatic rings. The van der Waals surface area contributed by atoms with Crippen LogP contribution in [0.5, 0.6) is 0 Å². The Morgan fingerprint density at radius 3 is 2.14 bits per heavy atom. The summed E-state index contributed by atoms with van der Waals surface area (Å²) >= 11 is 0. The van der Waals surface area contributed by atoms with E-state index in [9.17, 15) is 19.5 Å². The van der Waals surface area contributed by atoms with Gasteiger partial charge in [0.15, 0.2) is 0 Å². The summed E-state index contributed by atoms with van der Waals surface area (Å²) in [5.74, 6) is -1.18. The van der Waals surface area contributed by atoms with E-state index in [0.717, 1.165) is 54.4 Å². The average molecular weight is 477 g/mol. The van der Waals surface area contributed by atoms with Gasteiger partial charge in [-0.2, -0.15) is 0 Å². The first-order valence-corrected chi connectivity index (χ1v) is 12.6. The summed E-state index contributed by atoms with van der Waals surface area (Å²) < 4.78 is 5.68. The molecule has 0 bridgehead atoms. The first-order chi connectivity index (χ1) is 17.0. The minimum atomic E-state index is -0.978. The predicted molar refractivity (Wildman–Crippen MR) is 131 cm³/mol. The van der Waals surface area contributed by atoms with E-state index in [1.165, 1.54) is 0 Å². The number of nitrogens with one attached hydrogen (secondary N) is 2. The maximum atomic E-state index is 13.2. The maximum Gasteiger partial charge on any atom is 0.408 e. The largest absolute Gasteiger partial charge is 0.481 e. The molecule has 0 aliphatic heterocycles. The lowest BCUT2D eigenvalue weighted by Crippen LogP contribution is -2.64. The number of rotatable bonds is 7. The maximum absolute atomic E-state index is 13.2. The van der Waals surface area contributed by atoms with Crippen LogP contribution < -0.4 is 10.6 Å². The molecule has 3 aliphatic carbocycles. The number of carboxylic acids is 1. The zero-order valence-electron chi connectivity index (χ0n) is 19.8. The summed E-state index contributed by atoms with van der Waals surface area (Å²) in [5, 5.41) is 15.2. The minimum Gasteiger partial charge on any atom is -0.481 e. The third-order valence-corrected chi connectivity index (χ3v) is 7.99. The lowest BCUT2D eigenvalue weighted by Gasteiger charge is -2.42. The second-order valence-electron chi connectivity index (χ2n) is 10.1. The lowest BCUT2D eigenvalue weighted by atomic mass is 9.75. The fourth-order valence-corrected chi connectivity index (χ4v) is 5.94. The number of carboxylic acid groups (broad SMARTS) is 1. The third-order valence-electron chi connectivity index (χ3n) is 7.99. The van der Waals surface area contributed by atoms with E-state index in [1.807, 2.05) is 24.3 Å². The van der Waals surface area contributed by atoms with Crippen molar-refractivity contribution in [2.45, 2.75) is 68.9 Å². The van der Waals surface area contributed by atoms with Gasteiger partial charge in [-0.15, -0.1) is 0 Å². The Hall–Kier alpha value is -3.35. The lowest BCUT2D eigenvalue weighted by molar-refractivity contribution is -0.139. The van der Waals surface area contributed by atoms with Crippen molar-refractivity contribution in [2.24, 2.45) is 5.92 Å². The van der Waals surface area contributed by atoms with Crippen molar-refractivity contribution in [1.29, 1.82) is 0 Å². The molecule has 2 aromatic carbocycles. The summed E-state index contributed by atoms with van der Waals surface area (Å²) in [6, 6.07) is 16.2. The van der Waals surface area contributed by atoms with Crippen LogP contribution in [0.25, 0.3) is 11.1 Å². The van der Waals surface area contributed by atoms with Crippen molar-refractivity contribution in [3.8, 4) is 11.1 Å². The van der Waals surface area contributed by atoms with E-state index in [1.54, 1.807) is 0 Å². The Kier molecular flexibility index (Phi) is 6.50. The molecule has 3 N–H and O–H groups in total. The second kappa shape index (κ2) is 9.72.